The van der Waals surface area contributed by atoms with Crippen molar-refractivity contribution >= 4 is 19.5 Å². The number of carbonyl (C=O) groups excluding carboxylic acids is 1. The Labute approximate surface area is 115 Å². The monoisotopic (exact) mass is 302 g/mol. The van der Waals surface area contributed by atoms with Crippen molar-refractivity contribution in [2.45, 2.75) is 26.4 Å². The molecule has 0 aliphatic carbocycles. The predicted octanol–water partition coefficient (Wildman–Crippen LogP) is 0.825. The molecule has 1 aliphatic rings. The molecule has 9 heteroatoms. The van der Waals surface area contributed by atoms with E-state index in [2.05, 4.69) is 9.51 Å². The Morgan fingerprint density at radius 1 is 1.50 bits per heavy atom. The van der Waals surface area contributed by atoms with E-state index in [4.69, 9.17) is 14.5 Å². The molecule has 1 aliphatic heterocycles. The normalized spacial score (nSPS) is 18.7. The number of pyridine rings is 1. The number of nitrogens with zero attached hydrogens (tertiary/aromatic N) is 2. The topological polar surface area (TPSA) is 109 Å². The fourth-order valence-corrected chi connectivity index (χ4v) is 2.05. The molecular formula is C11H15N2O6P. The average Bonchev–Trinajstić information content (AvgIpc) is 2.37. The van der Waals surface area contributed by atoms with Crippen molar-refractivity contribution in [3.63, 3.8) is 0 Å². The first-order valence-electron chi connectivity index (χ1n) is 6.00. The first-order valence-corrected chi connectivity index (χ1v) is 7.53. The number of anilines is 1. The van der Waals surface area contributed by atoms with Crippen LogP contribution in [-0.4, -0.2) is 33.5 Å². The highest BCUT2D eigenvalue weighted by atomic mass is 31.2. The van der Waals surface area contributed by atoms with Crippen LogP contribution >= 0.6 is 7.82 Å². The van der Waals surface area contributed by atoms with Gasteiger partial charge in [0.2, 0.25) is 0 Å². The van der Waals surface area contributed by atoms with Gasteiger partial charge in [-0.25, -0.2) is 9.55 Å². The van der Waals surface area contributed by atoms with E-state index in [0.29, 0.717) is 12.2 Å². The van der Waals surface area contributed by atoms with Crippen LogP contribution in [0.15, 0.2) is 12.1 Å². The SMILES string of the molecule is CCc1ccc2c(n1)N(COP(=O)(O)O)C(=O)C(C)O2. The summed E-state index contributed by atoms with van der Waals surface area (Å²) in [5.41, 5.74) is 0.732. The third-order valence-electron chi connectivity index (χ3n) is 2.79. The zero-order valence-electron chi connectivity index (χ0n) is 11.0. The van der Waals surface area contributed by atoms with E-state index in [-0.39, 0.29) is 5.82 Å². The van der Waals surface area contributed by atoms with Gasteiger partial charge in [-0.1, -0.05) is 6.92 Å². The number of hydrogen-bond donors (Lipinski definition) is 2. The van der Waals surface area contributed by atoms with Crippen molar-refractivity contribution in [3.05, 3.63) is 17.8 Å². The number of phosphoric acid groups is 1. The molecule has 0 saturated heterocycles. The maximum Gasteiger partial charge on any atom is 0.471 e. The Hall–Kier alpha value is -1.47. The van der Waals surface area contributed by atoms with Crippen molar-refractivity contribution in [2.24, 2.45) is 0 Å². The molecule has 8 nitrogen and oxygen atoms in total. The van der Waals surface area contributed by atoms with Crippen molar-refractivity contribution in [1.29, 1.82) is 0 Å². The van der Waals surface area contributed by atoms with Gasteiger partial charge < -0.3 is 14.5 Å². The van der Waals surface area contributed by atoms with E-state index in [1.165, 1.54) is 0 Å². The fourth-order valence-electron chi connectivity index (χ4n) is 1.78. The lowest BCUT2D eigenvalue weighted by atomic mass is 10.2. The Bertz CT molecular complexity index is 572. The Morgan fingerprint density at radius 2 is 2.20 bits per heavy atom. The summed E-state index contributed by atoms with van der Waals surface area (Å²) < 4.78 is 20.6. The number of fused-ring (bicyclic) bond motifs is 1. The van der Waals surface area contributed by atoms with Gasteiger partial charge in [0.1, 0.15) is 6.73 Å². The van der Waals surface area contributed by atoms with E-state index in [0.717, 1.165) is 10.6 Å². The molecule has 0 spiro atoms. The summed E-state index contributed by atoms with van der Waals surface area (Å²) >= 11 is 0. The summed E-state index contributed by atoms with van der Waals surface area (Å²) in [7, 11) is -4.67. The van der Waals surface area contributed by atoms with Gasteiger partial charge in [-0.15, -0.1) is 0 Å². The fraction of sp³-hybridized carbons (Fsp3) is 0.455. The van der Waals surface area contributed by atoms with Crippen LogP contribution in [-0.2, 0) is 20.3 Å². The molecule has 1 unspecified atom stereocenters. The number of carbonyl (C=O) groups is 1. The van der Waals surface area contributed by atoms with Crippen LogP contribution in [0.5, 0.6) is 5.75 Å². The minimum atomic E-state index is -4.67. The molecule has 2 heterocycles. The quantitative estimate of drug-likeness (QED) is 0.792. The van der Waals surface area contributed by atoms with Crippen LogP contribution in [0.1, 0.15) is 19.5 Å². The van der Waals surface area contributed by atoms with Gasteiger partial charge >= 0.3 is 7.82 Å². The summed E-state index contributed by atoms with van der Waals surface area (Å²) in [4.78, 5) is 34.8. The molecular weight excluding hydrogens is 287 g/mol. The average molecular weight is 302 g/mol. The molecule has 2 rings (SSSR count). The van der Waals surface area contributed by atoms with E-state index < -0.39 is 26.6 Å². The lowest BCUT2D eigenvalue weighted by Gasteiger charge is -2.31. The summed E-state index contributed by atoms with van der Waals surface area (Å²) in [5.74, 6) is 0.121. The second kappa shape index (κ2) is 5.49. The highest BCUT2D eigenvalue weighted by molar-refractivity contribution is 7.46. The molecule has 0 radical (unpaired) electrons. The van der Waals surface area contributed by atoms with Crippen molar-refractivity contribution in [1.82, 2.24) is 4.98 Å². The summed E-state index contributed by atoms with van der Waals surface area (Å²) in [6.45, 7) is 2.87. The molecule has 1 atom stereocenters. The van der Waals surface area contributed by atoms with Gasteiger partial charge in [-0.05, 0) is 25.5 Å². The van der Waals surface area contributed by atoms with Crippen molar-refractivity contribution in [2.75, 3.05) is 11.6 Å². The molecule has 1 aromatic rings. The van der Waals surface area contributed by atoms with Gasteiger partial charge in [0, 0.05) is 5.69 Å². The Kier molecular flexibility index (Phi) is 4.10. The van der Waals surface area contributed by atoms with Crippen LogP contribution in [0.25, 0.3) is 0 Å². The van der Waals surface area contributed by atoms with E-state index in [1.54, 1.807) is 19.1 Å². The van der Waals surface area contributed by atoms with E-state index in [9.17, 15) is 9.36 Å². The largest absolute Gasteiger partial charge is 0.477 e. The maximum atomic E-state index is 12.0. The van der Waals surface area contributed by atoms with Gasteiger partial charge in [0.15, 0.2) is 17.7 Å². The zero-order valence-corrected chi connectivity index (χ0v) is 11.9. The lowest BCUT2D eigenvalue weighted by Crippen LogP contribution is -2.45. The van der Waals surface area contributed by atoms with Crippen molar-refractivity contribution in [3.8, 4) is 5.75 Å². The first-order chi connectivity index (χ1) is 9.31. The van der Waals surface area contributed by atoms with Gasteiger partial charge in [0.05, 0.1) is 0 Å². The zero-order chi connectivity index (χ0) is 14.9. The molecule has 1 aromatic heterocycles. The van der Waals surface area contributed by atoms with Crippen LogP contribution in [0, 0.1) is 0 Å². The number of hydrogen-bond acceptors (Lipinski definition) is 5. The third-order valence-corrected chi connectivity index (χ3v) is 3.24. The van der Waals surface area contributed by atoms with Crippen LogP contribution in [0.4, 0.5) is 5.82 Å². The number of ether oxygens (including phenoxy) is 1. The Morgan fingerprint density at radius 3 is 2.80 bits per heavy atom. The summed E-state index contributed by atoms with van der Waals surface area (Å²) in [6.07, 6.45) is -0.110. The highest BCUT2D eigenvalue weighted by Gasteiger charge is 2.34. The van der Waals surface area contributed by atoms with Gasteiger partial charge in [-0.2, -0.15) is 0 Å². The van der Waals surface area contributed by atoms with Crippen LogP contribution < -0.4 is 9.64 Å². The number of rotatable bonds is 4. The number of aromatic nitrogens is 1. The molecule has 0 aromatic carbocycles. The third kappa shape index (κ3) is 3.16. The highest BCUT2D eigenvalue weighted by Crippen LogP contribution is 2.38. The number of phosphoric ester groups is 1. The standard InChI is InChI=1S/C11H15N2O6P/c1-3-8-4-5-9-10(12-8)13(6-18-20(15,16)17)11(14)7(2)19-9/h4-5,7H,3,6H2,1-2H3,(H2,15,16,17). The number of amides is 1. The maximum absolute atomic E-state index is 12.0. The van der Waals surface area contributed by atoms with Crippen molar-refractivity contribution < 1.29 is 28.4 Å². The second-order valence-corrected chi connectivity index (χ2v) is 5.49. The second-order valence-electron chi connectivity index (χ2n) is 4.25. The minimum absolute atomic E-state index is 0.209. The predicted molar refractivity (Wildman–Crippen MR) is 69.2 cm³/mol. The lowest BCUT2D eigenvalue weighted by molar-refractivity contribution is -0.126. The molecule has 110 valence electrons. The molecule has 20 heavy (non-hydrogen) atoms. The molecule has 0 fully saturated rings. The number of aryl methyl sites for hydroxylation is 1. The van der Waals surface area contributed by atoms with Crippen LogP contribution in [0.2, 0.25) is 0 Å². The Balaban J connectivity index is 2.34. The molecule has 1 amide bonds. The molecule has 0 bridgehead atoms. The van der Waals surface area contributed by atoms with E-state index in [1.807, 2.05) is 6.92 Å². The molecule has 0 saturated carbocycles. The molecule has 2 N–H and O–H groups in total. The van der Waals surface area contributed by atoms with Gasteiger partial charge in [0.25, 0.3) is 5.91 Å². The summed E-state index contributed by atoms with van der Waals surface area (Å²) in [6, 6.07) is 3.44. The smallest absolute Gasteiger partial charge is 0.471 e. The summed E-state index contributed by atoms with van der Waals surface area (Å²) in [5, 5.41) is 0. The minimum Gasteiger partial charge on any atom is -0.477 e. The van der Waals surface area contributed by atoms with E-state index >= 15 is 0 Å². The van der Waals surface area contributed by atoms with Crippen LogP contribution in [0.3, 0.4) is 0 Å². The van der Waals surface area contributed by atoms with Gasteiger partial charge in [-0.3, -0.25) is 14.2 Å². The first kappa shape index (κ1) is 14.9.